The van der Waals surface area contributed by atoms with Gasteiger partial charge in [0.1, 0.15) is 0 Å². The summed E-state index contributed by atoms with van der Waals surface area (Å²) in [6.45, 7) is 7.07. The molecule has 33 heavy (non-hydrogen) atoms. The number of nitrogens with one attached hydrogen (secondary N) is 2. The van der Waals surface area contributed by atoms with Gasteiger partial charge in [-0.15, -0.1) is 0 Å². The molecule has 0 spiro atoms. The van der Waals surface area contributed by atoms with Crippen molar-refractivity contribution in [3.8, 4) is 5.69 Å². The van der Waals surface area contributed by atoms with Crippen molar-refractivity contribution in [3.05, 3.63) is 82.2 Å². The first-order valence-electron chi connectivity index (χ1n) is 10.1. The van der Waals surface area contributed by atoms with Crippen molar-refractivity contribution in [3.63, 3.8) is 0 Å². The van der Waals surface area contributed by atoms with Gasteiger partial charge in [0.05, 0.1) is 17.5 Å². The molecule has 0 unspecified atom stereocenters. The summed E-state index contributed by atoms with van der Waals surface area (Å²) in [5, 5.41) is 6.30. The van der Waals surface area contributed by atoms with Gasteiger partial charge in [0, 0.05) is 22.6 Å². The standard InChI is InChI=1S/C24H23F3N4O2/c1-14-9-15(2)11-19(10-14)29-22(32)23(33)30-28-13-18-12-16(3)31(17(18)4)21-8-6-5-7-20(21)24(25,26)27/h5-13H,1-4H3,(H,29,32)(H,30,33)/b28-13-. The maximum atomic E-state index is 13.4. The maximum absolute atomic E-state index is 13.4. The molecule has 0 atom stereocenters. The molecule has 0 radical (unpaired) electrons. The molecule has 172 valence electrons. The lowest BCUT2D eigenvalue weighted by molar-refractivity contribution is -0.137. The summed E-state index contributed by atoms with van der Waals surface area (Å²) in [5.74, 6) is -1.86. The summed E-state index contributed by atoms with van der Waals surface area (Å²) in [6.07, 6.45) is -3.22. The number of para-hydroxylation sites is 1. The van der Waals surface area contributed by atoms with Gasteiger partial charge >= 0.3 is 18.0 Å². The minimum absolute atomic E-state index is 0.00323. The number of benzene rings is 2. The molecule has 3 rings (SSSR count). The van der Waals surface area contributed by atoms with Gasteiger partial charge in [-0.25, -0.2) is 5.43 Å². The number of nitrogens with zero attached hydrogens (tertiary/aromatic N) is 2. The van der Waals surface area contributed by atoms with Crippen LogP contribution in [0, 0.1) is 27.7 Å². The summed E-state index contributed by atoms with van der Waals surface area (Å²) < 4.78 is 41.8. The number of carbonyl (C=O) groups excluding carboxylic acids is 2. The molecule has 0 bridgehead atoms. The second-order valence-electron chi connectivity index (χ2n) is 7.71. The molecule has 2 amide bonds. The summed E-state index contributed by atoms with van der Waals surface area (Å²) in [5.41, 5.74) is 5.30. The average molecular weight is 456 g/mol. The van der Waals surface area contributed by atoms with Crippen molar-refractivity contribution in [1.29, 1.82) is 0 Å². The van der Waals surface area contributed by atoms with Crippen molar-refractivity contribution < 1.29 is 22.8 Å². The summed E-state index contributed by atoms with van der Waals surface area (Å²) in [4.78, 5) is 24.2. The van der Waals surface area contributed by atoms with Crippen LogP contribution >= 0.6 is 0 Å². The molecular weight excluding hydrogens is 433 g/mol. The van der Waals surface area contributed by atoms with E-state index in [1.54, 1.807) is 32.0 Å². The van der Waals surface area contributed by atoms with Crippen LogP contribution in [0.15, 0.2) is 53.6 Å². The Balaban J connectivity index is 1.76. The monoisotopic (exact) mass is 456 g/mol. The molecule has 9 heteroatoms. The van der Waals surface area contributed by atoms with Gasteiger partial charge in [0.2, 0.25) is 0 Å². The highest BCUT2D eigenvalue weighted by Crippen LogP contribution is 2.35. The van der Waals surface area contributed by atoms with Gasteiger partial charge in [0.25, 0.3) is 0 Å². The van der Waals surface area contributed by atoms with E-state index in [0.717, 1.165) is 17.2 Å². The van der Waals surface area contributed by atoms with E-state index >= 15 is 0 Å². The van der Waals surface area contributed by atoms with Crippen LogP contribution < -0.4 is 10.7 Å². The van der Waals surface area contributed by atoms with Crippen LogP contribution in [-0.2, 0) is 15.8 Å². The molecule has 0 aliphatic heterocycles. The number of hydrogen-bond acceptors (Lipinski definition) is 3. The Hall–Kier alpha value is -3.88. The fourth-order valence-electron chi connectivity index (χ4n) is 3.64. The van der Waals surface area contributed by atoms with Gasteiger partial charge < -0.3 is 9.88 Å². The molecule has 0 aliphatic rings. The minimum Gasteiger partial charge on any atom is -0.318 e. The highest BCUT2D eigenvalue weighted by Gasteiger charge is 2.34. The van der Waals surface area contributed by atoms with Gasteiger partial charge in [-0.1, -0.05) is 18.2 Å². The third-order valence-electron chi connectivity index (χ3n) is 4.98. The van der Waals surface area contributed by atoms with Gasteiger partial charge in [-0.2, -0.15) is 18.3 Å². The van der Waals surface area contributed by atoms with Gasteiger partial charge in [-0.05, 0) is 69.2 Å². The van der Waals surface area contributed by atoms with Gasteiger partial charge in [0.15, 0.2) is 0 Å². The van der Waals surface area contributed by atoms with Crippen molar-refractivity contribution in [1.82, 2.24) is 9.99 Å². The fourth-order valence-corrected chi connectivity index (χ4v) is 3.64. The van der Waals surface area contributed by atoms with E-state index in [0.29, 0.717) is 22.6 Å². The van der Waals surface area contributed by atoms with E-state index in [-0.39, 0.29) is 5.69 Å². The Morgan fingerprint density at radius 3 is 2.21 bits per heavy atom. The van der Waals surface area contributed by atoms with E-state index in [2.05, 4.69) is 15.8 Å². The molecule has 0 saturated carbocycles. The van der Waals surface area contributed by atoms with Crippen molar-refractivity contribution >= 4 is 23.7 Å². The third kappa shape index (κ3) is 5.49. The van der Waals surface area contributed by atoms with E-state index < -0.39 is 23.6 Å². The minimum atomic E-state index is -4.51. The van der Waals surface area contributed by atoms with Crippen molar-refractivity contribution in [2.75, 3.05) is 5.32 Å². The van der Waals surface area contributed by atoms with Crippen molar-refractivity contribution in [2.24, 2.45) is 5.10 Å². The number of amides is 2. The van der Waals surface area contributed by atoms with Crippen LogP contribution in [0.3, 0.4) is 0 Å². The number of hydrogen-bond donors (Lipinski definition) is 2. The van der Waals surface area contributed by atoms with E-state index in [9.17, 15) is 22.8 Å². The van der Waals surface area contributed by atoms with Crippen LogP contribution in [0.2, 0.25) is 0 Å². The molecule has 6 nitrogen and oxygen atoms in total. The number of carbonyl (C=O) groups is 2. The molecular formula is C24H23F3N4O2. The van der Waals surface area contributed by atoms with Crippen LogP contribution in [0.1, 0.15) is 33.6 Å². The smallest absolute Gasteiger partial charge is 0.318 e. The normalized spacial score (nSPS) is 11.6. The number of alkyl halides is 3. The van der Waals surface area contributed by atoms with Crippen molar-refractivity contribution in [2.45, 2.75) is 33.9 Å². The zero-order valence-corrected chi connectivity index (χ0v) is 18.5. The first kappa shape index (κ1) is 23.8. The fraction of sp³-hybridized carbons (Fsp3) is 0.208. The second kappa shape index (κ2) is 9.32. The largest absolute Gasteiger partial charge is 0.418 e. The first-order valence-corrected chi connectivity index (χ1v) is 10.1. The van der Waals surface area contributed by atoms with E-state index in [1.165, 1.54) is 29.0 Å². The number of aromatic nitrogens is 1. The third-order valence-corrected chi connectivity index (χ3v) is 4.98. The zero-order valence-electron chi connectivity index (χ0n) is 18.5. The Labute approximate surface area is 189 Å². The van der Waals surface area contributed by atoms with Crippen LogP contribution in [0.25, 0.3) is 5.69 Å². The molecule has 2 aromatic carbocycles. The van der Waals surface area contributed by atoms with E-state index in [1.807, 2.05) is 19.9 Å². The van der Waals surface area contributed by atoms with Crippen LogP contribution in [-0.4, -0.2) is 22.6 Å². The maximum Gasteiger partial charge on any atom is 0.418 e. The zero-order chi connectivity index (χ0) is 24.3. The molecule has 0 aliphatic carbocycles. The number of rotatable bonds is 4. The Bertz CT molecular complexity index is 1220. The number of hydrazone groups is 1. The summed E-state index contributed by atoms with van der Waals surface area (Å²) in [7, 11) is 0. The van der Waals surface area contributed by atoms with Crippen LogP contribution in [0.5, 0.6) is 0 Å². The number of halogens is 3. The lowest BCUT2D eigenvalue weighted by Gasteiger charge is -2.16. The Kier molecular flexibility index (Phi) is 6.71. The van der Waals surface area contributed by atoms with Crippen LogP contribution in [0.4, 0.5) is 18.9 Å². The number of aryl methyl sites for hydroxylation is 3. The lowest BCUT2D eigenvalue weighted by Crippen LogP contribution is -2.32. The molecule has 1 heterocycles. The lowest BCUT2D eigenvalue weighted by atomic mass is 10.1. The molecule has 0 fully saturated rings. The highest BCUT2D eigenvalue weighted by atomic mass is 19.4. The molecule has 1 aromatic heterocycles. The Morgan fingerprint density at radius 1 is 0.939 bits per heavy atom. The first-order chi connectivity index (χ1) is 15.5. The van der Waals surface area contributed by atoms with E-state index in [4.69, 9.17) is 0 Å². The molecule has 3 aromatic rings. The SMILES string of the molecule is Cc1cc(C)cc(NC(=O)C(=O)N/N=C\c2cc(C)n(-c3ccccc3C(F)(F)F)c2C)c1. The van der Waals surface area contributed by atoms with Gasteiger partial charge in [-0.3, -0.25) is 9.59 Å². The predicted molar refractivity (Wildman–Crippen MR) is 121 cm³/mol. The quantitative estimate of drug-likeness (QED) is 0.336. The highest BCUT2D eigenvalue weighted by molar-refractivity contribution is 6.39. The number of anilines is 1. The molecule has 2 N–H and O–H groups in total. The predicted octanol–water partition coefficient (Wildman–Crippen LogP) is 4.82. The summed E-state index contributed by atoms with van der Waals surface area (Å²) in [6, 6.07) is 12.3. The summed E-state index contributed by atoms with van der Waals surface area (Å²) >= 11 is 0. The molecule has 0 saturated heterocycles. The topological polar surface area (TPSA) is 75.5 Å². The average Bonchev–Trinajstić information content (AvgIpc) is 2.99. The Morgan fingerprint density at radius 2 is 1.58 bits per heavy atom. The second-order valence-corrected chi connectivity index (χ2v) is 7.71.